The van der Waals surface area contributed by atoms with Gasteiger partial charge in [-0.2, -0.15) is 0 Å². The van der Waals surface area contributed by atoms with Crippen LogP contribution in [0, 0.1) is 11.6 Å². The molecule has 2 N–H and O–H groups in total. The van der Waals surface area contributed by atoms with E-state index in [1.54, 1.807) is 0 Å². The molecule has 1 aliphatic rings. The number of alkyl halides is 1. The van der Waals surface area contributed by atoms with Crippen LogP contribution in [-0.2, 0) is 5.67 Å². The van der Waals surface area contributed by atoms with Crippen LogP contribution in [0.5, 0.6) is 0 Å². The molecular formula is C11H12F3N. The minimum atomic E-state index is -1.80. The lowest BCUT2D eigenvalue weighted by molar-refractivity contribution is 0.165. The maximum Gasteiger partial charge on any atom is 0.140 e. The highest BCUT2D eigenvalue weighted by atomic mass is 19.2. The van der Waals surface area contributed by atoms with Crippen molar-refractivity contribution in [3.05, 3.63) is 35.4 Å². The van der Waals surface area contributed by atoms with E-state index in [9.17, 15) is 13.2 Å². The standard InChI is InChI=1S/C11H12F3N/c12-7-1-2-10(13)9(5-7)11(14)4-3-8(15)6-11/h1-2,5,8H,3-4,6,15H2. The van der Waals surface area contributed by atoms with Crippen molar-refractivity contribution in [2.24, 2.45) is 5.73 Å². The van der Waals surface area contributed by atoms with Gasteiger partial charge in [-0.3, -0.25) is 0 Å². The van der Waals surface area contributed by atoms with E-state index in [4.69, 9.17) is 5.73 Å². The quantitative estimate of drug-likeness (QED) is 0.765. The number of rotatable bonds is 1. The molecular weight excluding hydrogens is 203 g/mol. The third kappa shape index (κ3) is 1.86. The van der Waals surface area contributed by atoms with Gasteiger partial charge in [0, 0.05) is 18.0 Å². The van der Waals surface area contributed by atoms with Gasteiger partial charge < -0.3 is 5.73 Å². The zero-order valence-corrected chi connectivity index (χ0v) is 8.14. The predicted octanol–water partition coefficient (Wildman–Crippen LogP) is 2.64. The van der Waals surface area contributed by atoms with Gasteiger partial charge >= 0.3 is 0 Å². The maximum absolute atomic E-state index is 14.2. The van der Waals surface area contributed by atoms with Crippen molar-refractivity contribution in [2.45, 2.75) is 31.0 Å². The summed E-state index contributed by atoms with van der Waals surface area (Å²) in [6.07, 6.45) is 0.731. The summed E-state index contributed by atoms with van der Waals surface area (Å²) in [6.45, 7) is 0. The number of halogens is 3. The summed E-state index contributed by atoms with van der Waals surface area (Å²) in [5.41, 5.74) is 3.58. The van der Waals surface area contributed by atoms with Crippen molar-refractivity contribution < 1.29 is 13.2 Å². The molecule has 15 heavy (non-hydrogen) atoms. The first kappa shape index (κ1) is 10.5. The van der Waals surface area contributed by atoms with E-state index >= 15 is 0 Å². The molecule has 1 aliphatic carbocycles. The van der Waals surface area contributed by atoms with Crippen LogP contribution in [0.1, 0.15) is 24.8 Å². The summed E-state index contributed by atoms with van der Waals surface area (Å²) in [6, 6.07) is 2.60. The van der Waals surface area contributed by atoms with Gasteiger partial charge in [0.25, 0.3) is 0 Å². The van der Waals surface area contributed by atoms with Gasteiger partial charge in [-0.15, -0.1) is 0 Å². The van der Waals surface area contributed by atoms with Crippen molar-refractivity contribution in [3.63, 3.8) is 0 Å². The Morgan fingerprint density at radius 1 is 1.33 bits per heavy atom. The average Bonchev–Trinajstić information content (AvgIpc) is 2.52. The Labute approximate surface area is 86.1 Å². The summed E-state index contributed by atoms with van der Waals surface area (Å²) < 4.78 is 40.5. The molecule has 0 heterocycles. The Balaban J connectivity index is 2.40. The lowest BCUT2D eigenvalue weighted by atomic mass is 9.93. The fourth-order valence-electron chi connectivity index (χ4n) is 2.12. The fourth-order valence-corrected chi connectivity index (χ4v) is 2.12. The van der Waals surface area contributed by atoms with E-state index < -0.39 is 17.3 Å². The van der Waals surface area contributed by atoms with Gasteiger partial charge in [0.15, 0.2) is 0 Å². The predicted molar refractivity (Wildman–Crippen MR) is 51.0 cm³/mol. The minimum absolute atomic E-state index is 0.0629. The van der Waals surface area contributed by atoms with E-state index in [0.717, 1.165) is 18.2 Å². The molecule has 1 saturated carbocycles. The van der Waals surface area contributed by atoms with E-state index in [0.29, 0.717) is 6.42 Å². The minimum Gasteiger partial charge on any atom is -0.328 e. The first-order valence-electron chi connectivity index (χ1n) is 4.91. The van der Waals surface area contributed by atoms with Crippen molar-refractivity contribution in [1.29, 1.82) is 0 Å². The number of benzene rings is 1. The summed E-state index contributed by atoms with van der Waals surface area (Å²) in [7, 11) is 0. The third-order valence-corrected chi connectivity index (χ3v) is 2.91. The van der Waals surface area contributed by atoms with Crippen LogP contribution >= 0.6 is 0 Å². The molecule has 2 atom stereocenters. The Morgan fingerprint density at radius 3 is 2.67 bits per heavy atom. The highest BCUT2D eigenvalue weighted by Crippen LogP contribution is 2.42. The Hall–Kier alpha value is -1.03. The topological polar surface area (TPSA) is 26.0 Å². The van der Waals surface area contributed by atoms with Gasteiger partial charge in [0.1, 0.15) is 17.3 Å². The molecule has 0 saturated heterocycles. The first-order chi connectivity index (χ1) is 7.01. The Morgan fingerprint density at radius 2 is 2.07 bits per heavy atom. The summed E-state index contributed by atoms with van der Waals surface area (Å²) in [5, 5.41) is 0. The molecule has 0 radical (unpaired) electrons. The normalized spacial score (nSPS) is 30.8. The second-order valence-electron chi connectivity index (χ2n) is 4.09. The fraction of sp³-hybridized carbons (Fsp3) is 0.455. The second kappa shape index (κ2) is 3.52. The summed E-state index contributed by atoms with van der Waals surface area (Å²) in [5.74, 6) is -1.32. The molecule has 1 fully saturated rings. The maximum atomic E-state index is 14.2. The van der Waals surface area contributed by atoms with Crippen LogP contribution in [0.4, 0.5) is 13.2 Å². The van der Waals surface area contributed by atoms with Crippen LogP contribution < -0.4 is 5.73 Å². The van der Waals surface area contributed by atoms with E-state index in [2.05, 4.69) is 0 Å². The molecule has 0 aromatic heterocycles. The zero-order valence-electron chi connectivity index (χ0n) is 8.14. The van der Waals surface area contributed by atoms with Gasteiger partial charge in [-0.1, -0.05) is 0 Å². The first-order valence-corrected chi connectivity index (χ1v) is 4.91. The lowest BCUT2D eigenvalue weighted by Gasteiger charge is -2.20. The molecule has 0 spiro atoms. The molecule has 0 bridgehead atoms. The van der Waals surface area contributed by atoms with Crippen LogP contribution in [0.2, 0.25) is 0 Å². The van der Waals surface area contributed by atoms with Crippen molar-refractivity contribution in [2.75, 3.05) is 0 Å². The van der Waals surface area contributed by atoms with Crippen LogP contribution in [0.25, 0.3) is 0 Å². The smallest absolute Gasteiger partial charge is 0.140 e. The van der Waals surface area contributed by atoms with E-state index in [-0.39, 0.29) is 24.4 Å². The molecule has 1 nitrogen and oxygen atoms in total. The molecule has 2 rings (SSSR count). The second-order valence-corrected chi connectivity index (χ2v) is 4.09. The van der Waals surface area contributed by atoms with E-state index in [1.807, 2.05) is 0 Å². The highest BCUT2D eigenvalue weighted by Gasteiger charge is 2.41. The Bertz CT molecular complexity index is 380. The summed E-state index contributed by atoms with van der Waals surface area (Å²) in [4.78, 5) is 0. The zero-order chi connectivity index (χ0) is 11.1. The summed E-state index contributed by atoms with van der Waals surface area (Å²) >= 11 is 0. The molecule has 0 aliphatic heterocycles. The molecule has 1 aromatic carbocycles. The Kier molecular flexibility index (Phi) is 2.46. The number of nitrogens with two attached hydrogens (primary N) is 1. The van der Waals surface area contributed by atoms with Gasteiger partial charge in [0.2, 0.25) is 0 Å². The van der Waals surface area contributed by atoms with E-state index in [1.165, 1.54) is 0 Å². The van der Waals surface area contributed by atoms with Crippen molar-refractivity contribution >= 4 is 0 Å². The third-order valence-electron chi connectivity index (χ3n) is 2.91. The molecule has 1 aromatic rings. The molecule has 0 amide bonds. The van der Waals surface area contributed by atoms with Crippen molar-refractivity contribution in [1.82, 2.24) is 0 Å². The van der Waals surface area contributed by atoms with Gasteiger partial charge in [0.05, 0.1) is 0 Å². The van der Waals surface area contributed by atoms with Gasteiger partial charge in [-0.25, -0.2) is 13.2 Å². The molecule has 2 unspecified atom stereocenters. The van der Waals surface area contributed by atoms with Gasteiger partial charge in [-0.05, 0) is 31.0 Å². The van der Waals surface area contributed by atoms with Crippen LogP contribution in [0.15, 0.2) is 18.2 Å². The number of hydrogen-bond acceptors (Lipinski definition) is 1. The molecule has 82 valence electrons. The SMILES string of the molecule is NC1CCC(F)(c2cc(F)ccc2F)C1. The largest absolute Gasteiger partial charge is 0.328 e. The van der Waals surface area contributed by atoms with Crippen LogP contribution in [-0.4, -0.2) is 6.04 Å². The number of hydrogen-bond donors (Lipinski definition) is 1. The molecule has 4 heteroatoms. The van der Waals surface area contributed by atoms with Crippen molar-refractivity contribution in [3.8, 4) is 0 Å². The average molecular weight is 215 g/mol. The lowest BCUT2D eigenvalue weighted by Crippen LogP contribution is -2.22. The monoisotopic (exact) mass is 215 g/mol. The highest BCUT2D eigenvalue weighted by molar-refractivity contribution is 5.27. The van der Waals surface area contributed by atoms with Crippen LogP contribution in [0.3, 0.4) is 0 Å².